The summed E-state index contributed by atoms with van der Waals surface area (Å²) in [4.78, 5) is 15.3. The number of benzene rings is 1. The summed E-state index contributed by atoms with van der Waals surface area (Å²) in [6.45, 7) is 5.72. The molecule has 0 atom stereocenters. The van der Waals surface area contributed by atoms with Gasteiger partial charge in [-0.15, -0.1) is 17.9 Å². The Balaban J connectivity index is 2.10. The number of nitrogens with one attached hydrogen (secondary N) is 1. The van der Waals surface area contributed by atoms with Gasteiger partial charge in [0, 0.05) is 24.4 Å². The van der Waals surface area contributed by atoms with Crippen LogP contribution in [0.3, 0.4) is 0 Å². The number of aromatic nitrogens is 1. The molecule has 1 aromatic heterocycles. The second-order valence-corrected chi connectivity index (χ2v) is 4.68. The van der Waals surface area contributed by atoms with Gasteiger partial charge in [0.2, 0.25) is 0 Å². The first-order chi connectivity index (χ1) is 9.19. The molecule has 0 saturated carbocycles. The van der Waals surface area contributed by atoms with Crippen molar-refractivity contribution in [3.63, 3.8) is 0 Å². The van der Waals surface area contributed by atoms with Gasteiger partial charge in [0.05, 0.1) is 5.69 Å². The van der Waals surface area contributed by atoms with Crippen molar-refractivity contribution in [1.29, 1.82) is 0 Å². The first kappa shape index (κ1) is 13.3. The fraction of sp³-hybridized carbons (Fsp3) is 0.143. The molecule has 2 aromatic rings. The standard InChI is InChI=1S/C14H14N2O2S/c1-3-8-15-14-16-13(9-19-14)11-4-6-12(7-5-11)18-10(2)17/h3-7,9H,1,8H2,2H3,(H,15,16). The third kappa shape index (κ3) is 3.66. The quantitative estimate of drug-likeness (QED) is 0.516. The van der Waals surface area contributed by atoms with Crippen LogP contribution >= 0.6 is 11.3 Å². The molecule has 1 N–H and O–H groups in total. The van der Waals surface area contributed by atoms with E-state index in [1.54, 1.807) is 29.5 Å². The lowest BCUT2D eigenvalue weighted by molar-refractivity contribution is -0.131. The third-order valence-corrected chi connectivity index (χ3v) is 3.11. The monoisotopic (exact) mass is 274 g/mol. The van der Waals surface area contributed by atoms with E-state index >= 15 is 0 Å². The molecule has 5 heteroatoms. The van der Waals surface area contributed by atoms with E-state index in [1.165, 1.54) is 6.92 Å². The number of carbonyl (C=O) groups excluding carboxylic acids is 1. The zero-order valence-corrected chi connectivity index (χ0v) is 11.4. The molecule has 0 aliphatic heterocycles. The molecule has 1 aromatic carbocycles. The Kier molecular flexibility index (Phi) is 4.30. The summed E-state index contributed by atoms with van der Waals surface area (Å²) in [5.74, 6) is 0.216. The van der Waals surface area contributed by atoms with Crippen LogP contribution in [0.2, 0.25) is 0 Å². The zero-order valence-electron chi connectivity index (χ0n) is 10.6. The van der Waals surface area contributed by atoms with Crippen molar-refractivity contribution in [3.8, 4) is 17.0 Å². The van der Waals surface area contributed by atoms with E-state index in [0.717, 1.165) is 16.4 Å². The lowest BCUT2D eigenvalue weighted by Crippen LogP contribution is -2.00. The molecule has 98 valence electrons. The maximum absolute atomic E-state index is 10.8. The number of nitrogens with zero attached hydrogens (tertiary/aromatic N) is 1. The van der Waals surface area contributed by atoms with Crippen molar-refractivity contribution in [2.75, 3.05) is 11.9 Å². The highest BCUT2D eigenvalue weighted by molar-refractivity contribution is 7.14. The maximum Gasteiger partial charge on any atom is 0.308 e. The average Bonchev–Trinajstić information content (AvgIpc) is 2.85. The zero-order chi connectivity index (χ0) is 13.7. The smallest absolute Gasteiger partial charge is 0.308 e. The van der Waals surface area contributed by atoms with Gasteiger partial charge in [-0.3, -0.25) is 4.79 Å². The van der Waals surface area contributed by atoms with Crippen molar-refractivity contribution in [2.45, 2.75) is 6.92 Å². The van der Waals surface area contributed by atoms with E-state index in [9.17, 15) is 4.79 Å². The summed E-state index contributed by atoms with van der Waals surface area (Å²) in [5.41, 5.74) is 1.88. The minimum atomic E-state index is -0.322. The van der Waals surface area contributed by atoms with Gasteiger partial charge < -0.3 is 10.1 Å². The van der Waals surface area contributed by atoms with Crippen LogP contribution in [0.25, 0.3) is 11.3 Å². The van der Waals surface area contributed by atoms with Crippen molar-refractivity contribution in [3.05, 3.63) is 42.3 Å². The predicted octanol–water partition coefficient (Wildman–Crippen LogP) is 3.33. The molecule has 0 spiro atoms. The van der Waals surface area contributed by atoms with Gasteiger partial charge in [-0.1, -0.05) is 6.08 Å². The number of thiazole rings is 1. The Bertz CT molecular complexity index is 575. The summed E-state index contributed by atoms with van der Waals surface area (Å²) in [5, 5.41) is 5.98. The molecule has 0 saturated heterocycles. The number of hydrogen-bond donors (Lipinski definition) is 1. The number of carbonyl (C=O) groups is 1. The molecule has 0 bridgehead atoms. The number of rotatable bonds is 5. The molecule has 0 amide bonds. The van der Waals surface area contributed by atoms with Gasteiger partial charge >= 0.3 is 5.97 Å². The first-order valence-electron chi connectivity index (χ1n) is 5.78. The summed E-state index contributed by atoms with van der Waals surface area (Å²) < 4.78 is 4.98. The fourth-order valence-electron chi connectivity index (χ4n) is 1.51. The van der Waals surface area contributed by atoms with Gasteiger partial charge in [-0.2, -0.15) is 0 Å². The van der Waals surface area contributed by atoms with E-state index < -0.39 is 0 Å². The average molecular weight is 274 g/mol. The van der Waals surface area contributed by atoms with Crippen LogP contribution in [0.5, 0.6) is 5.75 Å². The Hall–Kier alpha value is -2.14. The molecule has 0 aliphatic rings. The molecule has 1 heterocycles. The summed E-state index contributed by atoms with van der Waals surface area (Å²) in [6.07, 6.45) is 1.79. The van der Waals surface area contributed by atoms with Crippen LogP contribution in [0, 0.1) is 0 Å². The van der Waals surface area contributed by atoms with Gasteiger partial charge in [0.15, 0.2) is 5.13 Å². The topological polar surface area (TPSA) is 51.2 Å². The minimum absolute atomic E-state index is 0.322. The Morgan fingerprint density at radius 1 is 1.47 bits per heavy atom. The minimum Gasteiger partial charge on any atom is -0.427 e. The highest BCUT2D eigenvalue weighted by Crippen LogP contribution is 2.26. The van der Waals surface area contributed by atoms with E-state index in [0.29, 0.717) is 12.3 Å². The third-order valence-electron chi connectivity index (χ3n) is 2.31. The molecule has 0 aliphatic carbocycles. The van der Waals surface area contributed by atoms with Crippen molar-refractivity contribution < 1.29 is 9.53 Å². The first-order valence-corrected chi connectivity index (χ1v) is 6.66. The van der Waals surface area contributed by atoms with Gasteiger partial charge in [-0.05, 0) is 24.3 Å². The van der Waals surface area contributed by atoms with Crippen LogP contribution in [-0.4, -0.2) is 17.5 Å². The highest BCUT2D eigenvalue weighted by Gasteiger charge is 2.05. The molecular formula is C14H14N2O2S. The molecule has 0 unspecified atom stereocenters. The predicted molar refractivity (Wildman–Crippen MR) is 77.5 cm³/mol. The van der Waals surface area contributed by atoms with Crippen LogP contribution < -0.4 is 10.1 Å². The SMILES string of the molecule is C=CCNc1nc(-c2ccc(OC(C)=O)cc2)cs1. The van der Waals surface area contributed by atoms with Crippen LogP contribution in [0.4, 0.5) is 5.13 Å². The molecule has 0 fully saturated rings. The largest absolute Gasteiger partial charge is 0.427 e. The van der Waals surface area contributed by atoms with Crippen molar-refractivity contribution in [2.24, 2.45) is 0 Å². The number of hydrogen-bond acceptors (Lipinski definition) is 5. The number of esters is 1. The highest BCUT2D eigenvalue weighted by atomic mass is 32.1. The second-order valence-electron chi connectivity index (χ2n) is 3.83. The van der Waals surface area contributed by atoms with Gasteiger partial charge in [0.1, 0.15) is 5.75 Å². The van der Waals surface area contributed by atoms with E-state index in [1.807, 2.05) is 17.5 Å². The van der Waals surface area contributed by atoms with Crippen LogP contribution in [0.15, 0.2) is 42.3 Å². The Morgan fingerprint density at radius 3 is 2.84 bits per heavy atom. The molecule has 2 rings (SSSR count). The fourth-order valence-corrected chi connectivity index (χ4v) is 2.24. The van der Waals surface area contributed by atoms with Gasteiger partial charge in [0.25, 0.3) is 0 Å². The summed E-state index contributed by atoms with van der Waals surface area (Å²) >= 11 is 1.54. The van der Waals surface area contributed by atoms with Crippen molar-refractivity contribution in [1.82, 2.24) is 4.98 Å². The second kappa shape index (κ2) is 6.15. The van der Waals surface area contributed by atoms with E-state index in [2.05, 4.69) is 16.9 Å². The molecule has 19 heavy (non-hydrogen) atoms. The number of anilines is 1. The normalized spacial score (nSPS) is 9.95. The van der Waals surface area contributed by atoms with Gasteiger partial charge in [-0.25, -0.2) is 4.98 Å². The summed E-state index contributed by atoms with van der Waals surface area (Å²) in [6, 6.07) is 7.27. The maximum atomic E-state index is 10.8. The Labute approximate surface area is 115 Å². The van der Waals surface area contributed by atoms with E-state index in [-0.39, 0.29) is 5.97 Å². The lowest BCUT2D eigenvalue weighted by atomic mass is 10.2. The van der Waals surface area contributed by atoms with Crippen LogP contribution in [0.1, 0.15) is 6.92 Å². The molecular weight excluding hydrogens is 260 g/mol. The molecule has 0 radical (unpaired) electrons. The van der Waals surface area contributed by atoms with E-state index in [4.69, 9.17) is 4.74 Å². The lowest BCUT2D eigenvalue weighted by Gasteiger charge is -2.02. The summed E-state index contributed by atoms with van der Waals surface area (Å²) in [7, 11) is 0. The molecule has 4 nitrogen and oxygen atoms in total. The Morgan fingerprint density at radius 2 is 2.21 bits per heavy atom. The number of ether oxygens (including phenoxy) is 1. The van der Waals surface area contributed by atoms with Crippen LogP contribution in [-0.2, 0) is 4.79 Å². The van der Waals surface area contributed by atoms with Crippen molar-refractivity contribution >= 4 is 22.4 Å².